The zero-order valence-corrected chi connectivity index (χ0v) is 14.4. The van der Waals surface area contributed by atoms with Crippen molar-refractivity contribution in [2.24, 2.45) is 0 Å². The number of carbonyl (C=O) groups is 1. The molecule has 4 nitrogen and oxygen atoms in total. The van der Waals surface area contributed by atoms with Crippen LogP contribution in [0.3, 0.4) is 0 Å². The first-order chi connectivity index (χ1) is 11.0. The van der Waals surface area contributed by atoms with E-state index in [0.717, 1.165) is 16.8 Å². The van der Waals surface area contributed by atoms with E-state index in [2.05, 4.69) is 5.32 Å². The highest BCUT2D eigenvalue weighted by atomic mass is 35.5. The number of ether oxygens (including phenoxy) is 2. The van der Waals surface area contributed by atoms with Gasteiger partial charge in [-0.05, 0) is 43.2 Å². The molecule has 0 fully saturated rings. The number of aryl methyl sites for hydroxylation is 2. The molecule has 2 rings (SSSR count). The van der Waals surface area contributed by atoms with E-state index in [0.29, 0.717) is 17.1 Å². The maximum Gasteiger partial charge on any atom is 0.246 e. The van der Waals surface area contributed by atoms with E-state index in [4.69, 9.17) is 21.1 Å². The van der Waals surface area contributed by atoms with Crippen molar-refractivity contribution in [3.8, 4) is 11.5 Å². The molecule has 0 bridgehead atoms. The first kappa shape index (κ1) is 17.2. The van der Waals surface area contributed by atoms with Crippen LogP contribution in [0.25, 0.3) is 0 Å². The Kier molecular flexibility index (Phi) is 5.50. The Hall–Kier alpha value is -2.20. The minimum atomic E-state index is -0.824. The second-order valence-corrected chi connectivity index (χ2v) is 5.72. The third-order valence-corrected chi connectivity index (χ3v) is 4.02. The Balaban J connectivity index is 2.19. The van der Waals surface area contributed by atoms with Crippen molar-refractivity contribution in [3.63, 3.8) is 0 Å². The zero-order chi connectivity index (χ0) is 17.0. The second kappa shape index (κ2) is 7.38. The Morgan fingerprint density at radius 1 is 1.04 bits per heavy atom. The van der Waals surface area contributed by atoms with Gasteiger partial charge in [-0.15, -0.1) is 11.6 Å². The maximum atomic E-state index is 12.4. The molecule has 5 heteroatoms. The Labute approximate surface area is 141 Å². The summed E-state index contributed by atoms with van der Waals surface area (Å²) in [6.07, 6.45) is 0. The predicted molar refractivity (Wildman–Crippen MR) is 92.7 cm³/mol. The number of amides is 1. The van der Waals surface area contributed by atoms with Crippen molar-refractivity contribution >= 4 is 23.2 Å². The topological polar surface area (TPSA) is 47.6 Å². The summed E-state index contributed by atoms with van der Waals surface area (Å²) in [6.45, 7) is 3.95. The van der Waals surface area contributed by atoms with E-state index in [1.165, 1.54) is 0 Å². The molecule has 0 aliphatic carbocycles. The van der Waals surface area contributed by atoms with Crippen LogP contribution in [0.15, 0.2) is 36.4 Å². The molecule has 2 aromatic rings. The molecule has 0 saturated carbocycles. The van der Waals surface area contributed by atoms with Gasteiger partial charge in [0.05, 0.1) is 14.2 Å². The van der Waals surface area contributed by atoms with Crippen molar-refractivity contribution < 1.29 is 14.3 Å². The third-order valence-electron chi connectivity index (χ3n) is 3.57. The van der Waals surface area contributed by atoms with Gasteiger partial charge in [-0.3, -0.25) is 4.79 Å². The van der Waals surface area contributed by atoms with Crippen LogP contribution < -0.4 is 14.8 Å². The molecule has 0 saturated heterocycles. The molecule has 0 spiro atoms. The average molecular weight is 334 g/mol. The highest BCUT2D eigenvalue weighted by Crippen LogP contribution is 2.32. The molecule has 122 valence electrons. The minimum absolute atomic E-state index is 0.286. The molecule has 0 heterocycles. The van der Waals surface area contributed by atoms with E-state index in [1.54, 1.807) is 32.4 Å². The largest absolute Gasteiger partial charge is 0.493 e. The predicted octanol–water partition coefficient (Wildman–Crippen LogP) is 4.24. The Morgan fingerprint density at radius 2 is 1.74 bits per heavy atom. The van der Waals surface area contributed by atoms with Crippen LogP contribution in [0, 0.1) is 13.8 Å². The van der Waals surface area contributed by atoms with E-state index in [9.17, 15) is 4.79 Å². The van der Waals surface area contributed by atoms with Gasteiger partial charge in [0.25, 0.3) is 0 Å². The molecular weight excluding hydrogens is 314 g/mol. The van der Waals surface area contributed by atoms with Crippen LogP contribution in [0.2, 0.25) is 0 Å². The number of alkyl halides is 1. The number of hydrogen-bond donors (Lipinski definition) is 1. The van der Waals surface area contributed by atoms with Crippen molar-refractivity contribution in [2.75, 3.05) is 19.5 Å². The molecule has 1 unspecified atom stereocenters. The van der Waals surface area contributed by atoms with Gasteiger partial charge in [-0.1, -0.05) is 23.8 Å². The molecule has 0 radical (unpaired) electrons. The second-order valence-electron chi connectivity index (χ2n) is 5.28. The molecule has 1 N–H and O–H groups in total. The number of methoxy groups -OCH3 is 2. The maximum absolute atomic E-state index is 12.4. The molecule has 0 aromatic heterocycles. The summed E-state index contributed by atoms with van der Waals surface area (Å²) in [5.41, 5.74) is 3.54. The lowest BCUT2D eigenvalue weighted by Gasteiger charge is -2.15. The number of anilines is 1. The number of benzene rings is 2. The van der Waals surface area contributed by atoms with Crippen LogP contribution in [-0.2, 0) is 4.79 Å². The highest BCUT2D eigenvalue weighted by molar-refractivity contribution is 6.32. The van der Waals surface area contributed by atoms with Gasteiger partial charge in [0.2, 0.25) is 5.91 Å². The number of rotatable bonds is 5. The summed E-state index contributed by atoms with van der Waals surface area (Å²) in [5.74, 6) is 0.843. The van der Waals surface area contributed by atoms with Gasteiger partial charge in [0.1, 0.15) is 5.38 Å². The summed E-state index contributed by atoms with van der Waals surface area (Å²) in [5, 5.41) is 2.04. The first-order valence-corrected chi connectivity index (χ1v) is 7.64. The highest BCUT2D eigenvalue weighted by Gasteiger charge is 2.20. The van der Waals surface area contributed by atoms with E-state index < -0.39 is 5.38 Å². The summed E-state index contributed by atoms with van der Waals surface area (Å²) in [6, 6.07) is 11.0. The van der Waals surface area contributed by atoms with Gasteiger partial charge in [-0.2, -0.15) is 0 Å². The molecule has 0 aliphatic heterocycles. The van der Waals surface area contributed by atoms with Crippen LogP contribution in [0.4, 0.5) is 5.69 Å². The number of hydrogen-bond acceptors (Lipinski definition) is 3. The normalized spacial score (nSPS) is 11.7. The summed E-state index contributed by atoms with van der Waals surface area (Å²) in [7, 11) is 3.10. The van der Waals surface area contributed by atoms with Gasteiger partial charge in [-0.25, -0.2) is 0 Å². The van der Waals surface area contributed by atoms with Crippen LogP contribution in [0.5, 0.6) is 11.5 Å². The van der Waals surface area contributed by atoms with Crippen LogP contribution in [-0.4, -0.2) is 20.1 Å². The molecule has 2 aromatic carbocycles. The number of nitrogens with one attached hydrogen (secondary N) is 1. The lowest BCUT2D eigenvalue weighted by atomic mass is 10.1. The Bertz CT molecular complexity index is 715. The smallest absolute Gasteiger partial charge is 0.246 e. The van der Waals surface area contributed by atoms with Crippen molar-refractivity contribution in [3.05, 3.63) is 53.1 Å². The van der Waals surface area contributed by atoms with Gasteiger partial charge < -0.3 is 14.8 Å². The number of carbonyl (C=O) groups excluding carboxylic acids is 1. The lowest BCUT2D eigenvalue weighted by molar-refractivity contribution is -0.116. The fourth-order valence-electron chi connectivity index (χ4n) is 2.31. The monoisotopic (exact) mass is 333 g/mol. The fraction of sp³-hybridized carbons (Fsp3) is 0.278. The van der Waals surface area contributed by atoms with Crippen LogP contribution in [0.1, 0.15) is 22.1 Å². The van der Waals surface area contributed by atoms with Crippen molar-refractivity contribution in [1.29, 1.82) is 0 Å². The third kappa shape index (κ3) is 3.96. The molecule has 0 aliphatic rings. The standard InChI is InChI=1S/C18H20ClNO3/c1-11-5-7-14(12(2)9-11)20-18(21)17(19)13-6-8-15(22-3)16(10-13)23-4/h5-10,17H,1-4H3,(H,20,21). The van der Waals surface area contributed by atoms with Crippen molar-refractivity contribution in [2.45, 2.75) is 19.2 Å². The molecule has 23 heavy (non-hydrogen) atoms. The number of halogens is 1. The fourth-order valence-corrected chi connectivity index (χ4v) is 2.50. The minimum Gasteiger partial charge on any atom is -0.493 e. The van der Waals surface area contributed by atoms with E-state index in [1.807, 2.05) is 32.0 Å². The van der Waals surface area contributed by atoms with Crippen LogP contribution >= 0.6 is 11.6 Å². The lowest BCUT2D eigenvalue weighted by Crippen LogP contribution is -2.18. The van der Waals surface area contributed by atoms with Crippen molar-refractivity contribution in [1.82, 2.24) is 0 Å². The summed E-state index contributed by atoms with van der Waals surface area (Å²) < 4.78 is 10.4. The molecular formula is C18H20ClNO3. The zero-order valence-electron chi connectivity index (χ0n) is 13.6. The summed E-state index contributed by atoms with van der Waals surface area (Å²) in [4.78, 5) is 12.4. The average Bonchev–Trinajstić information content (AvgIpc) is 2.55. The SMILES string of the molecule is COc1ccc(C(Cl)C(=O)Nc2ccc(C)cc2C)cc1OC. The van der Waals surface area contributed by atoms with Gasteiger partial charge >= 0.3 is 0 Å². The van der Waals surface area contributed by atoms with Gasteiger partial charge in [0, 0.05) is 5.69 Å². The van der Waals surface area contributed by atoms with E-state index >= 15 is 0 Å². The Morgan fingerprint density at radius 3 is 2.35 bits per heavy atom. The van der Waals surface area contributed by atoms with E-state index in [-0.39, 0.29) is 5.91 Å². The van der Waals surface area contributed by atoms with Gasteiger partial charge in [0.15, 0.2) is 11.5 Å². The molecule has 1 amide bonds. The summed E-state index contributed by atoms with van der Waals surface area (Å²) >= 11 is 6.31. The first-order valence-electron chi connectivity index (χ1n) is 7.20. The molecule has 1 atom stereocenters. The quantitative estimate of drug-likeness (QED) is 0.832.